The molecule has 0 aliphatic heterocycles. The molecule has 0 aromatic heterocycles. The monoisotopic (exact) mass is 716 g/mol. The molecule has 1 unspecified atom stereocenters. The van der Waals surface area contributed by atoms with Gasteiger partial charge in [-0.25, -0.2) is 0 Å². The molecule has 1 atom stereocenters. The first-order valence-electron chi connectivity index (χ1n) is 22.9. The molecular formula is C47H89NO3. The lowest BCUT2D eigenvalue weighted by molar-refractivity contribution is -0.121. The lowest BCUT2D eigenvalue weighted by Gasteiger charge is -2.12. The number of hydrogen-bond acceptors (Lipinski definition) is 3. The molecule has 0 heterocycles. The van der Waals surface area contributed by atoms with Gasteiger partial charge in [0.05, 0.1) is 6.10 Å². The fourth-order valence-corrected chi connectivity index (χ4v) is 6.92. The molecule has 0 aliphatic carbocycles. The predicted octanol–water partition coefficient (Wildman–Crippen LogP) is 14.6. The summed E-state index contributed by atoms with van der Waals surface area (Å²) in [4.78, 5) is 24.4. The molecule has 1 amide bonds. The maximum Gasteiger partial charge on any atom is 0.220 e. The molecule has 51 heavy (non-hydrogen) atoms. The Labute approximate surface area is 319 Å². The maximum absolute atomic E-state index is 12.2. The lowest BCUT2D eigenvalue weighted by atomic mass is 10.0. The highest BCUT2D eigenvalue weighted by atomic mass is 16.3. The number of aliphatic hydroxyl groups is 1. The number of hydrogen-bond donors (Lipinski definition) is 2. The third kappa shape index (κ3) is 42.9. The van der Waals surface area contributed by atoms with Crippen LogP contribution in [0, 0.1) is 0 Å². The Morgan fingerprint density at radius 3 is 1.27 bits per heavy atom. The second-order valence-electron chi connectivity index (χ2n) is 15.7. The van der Waals surface area contributed by atoms with Crippen molar-refractivity contribution in [3.05, 3.63) is 24.3 Å². The Balaban J connectivity index is 3.36. The molecule has 0 radical (unpaired) electrons. The molecule has 0 saturated carbocycles. The molecule has 4 heteroatoms. The van der Waals surface area contributed by atoms with Gasteiger partial charge in [0.1, 0.15) is 5.78 Å². The van der Waals surface area contributed by atoms with Crippen LogP contribution in [0.15, 0.2) is 24.3 Å². The highest BCUT2D eigenvalue weighted by Crippen LogP contribution is 2.15. The van der Waals surface area contributed by atoms with Crippen molar-refractivity contribution >= 4 is 11.7 Å². The van der Waals surface area contributed by atoms with E-state index in [2.05, 4.69) is 43.5 Å². The van der Waals surface area contributed by atoms with Gasteiger partial charge in [0.15, 0.2) is 0 Å². The van der Waals surface area contributed by atoms with Gasteiger partial charge in [0.25, 0.3) is 0 Å². The molecular weight excluding hydrogens is 627 g/mol. The van der Waals surface area contributed by atoms with Crippen molar-refractivity contribution in [2.24, 2.45) is 0 Å². The van der Waals surface area contributed by atoms with Gasteiger partial charge in [-0.1, -0.05) is 199 Å². The zero-order chi connectivity index (χ0) is 37.1. The van der Waals surface area contributed by atoms with E-state index in [1.165, 1.54) is 167 Å². The number of Topliss-reactive ketones (excluding diaryl/α,β-unsaturated/α-hetero) is 1. The van der Waals surface area contributed by atoms with Gasteiger partial charge in [-0.2, -0.15) is 0 Å². The minimum Gasteiger partial charge on any atom is -0.391 e. The second kappa shape index (κ2) is 43.0. The standard InChI is InChI=1S/C47H89NO3/c1-3-5-7-9-11-13-15-17-19-21-22-24-28-32-36-40-45(49)41-37-33-29-26-27-31-35-39-43-47(51)48-44-46(50)42-38-34-30-25-23-20-18-16-14-12-10-8-6-4-2/h11,13,17,19,46,50H,3-10,12,14-16,18,20-44H2,1-2H3,(H,48,51)/b13-11-,19-17-. The lowest BCUT2D eigenvalue weighted by Crippen LogP contribution is -2.31. The van der Waals surface area contributed by atoms with E-state index in [9.17, 15) is 14.7 Å². The van der Waals surface area contributed by atoms with Crippen molar-refractivity contribution in [1.82, 2.24) is 5.32 Å². The summed E-state index contributed by atoms with van der Waals surface area (Å²) in [5.41, 5.74) is 0. The van der Waals surface area contributed by atoms with Crippen LogP contribution in [0.3, 0.4) is 0 Å². The summed E-state index contributed by atoms with van der Waals surface area (Å²) >= 11 is 0. The van der Waals surface area contributed by atoms with Gasteiger partial charge in [-0.05, 0) is 57.8 Å². The third-order valence-electron chi connectivity index (χ3n) is 10.4. The first-order valence-corrected chi connectivity index (χ1v) is 22.9. The summed E-state index contributed by atoms with van der Waals surface area (Å²) in [5, 5.41) is 13.2. The molecule has 4 nitrogen and oxygen atoms in total. The second-order valence-corrected chi connectivity index (χ2v) is 15.7. The van der Waals surface area contributed by atoms with Crippen molar-refractivity contribution < 1.29 is 14.7 Å². The van der Waals surface area contributed by atoms with Crippen molar-refractivity contribution in [3.63, 3.8) is 0 Å². The Hall–Kier alpha value is -1.42. The molecule has 0 spiro atoms. The molecule has 0 aromatic carbocycles. The largest absolute Gasteiger partial charge is 0.391 e. The molecule has 0 aromatic rings. The fourth-order valence-electron chi connectivity index (χ4n) is 6.92. The van der Waals surface area contributed by atoms with E-state index < -0.39 is 6.10 Å². The number of carbonyl (C=O) groups excluding carboxylic acids is 2. The van der Waals surface area contributed by atoms with Crippen LogP contribution in [0.2, 0.25) is 0 Å². The van der Waals surface area contributed by atoms with Gasteiger partial charge >= 0.3 is 0 Å². The van der Waals surface area contributed by atoms with E-state index in [1.54, 1.807) is 0 Å². The number of carbonyl (C=O) groups is 2. The summed E-state index contributed by atoms with van der Waals surface area (Å²) in [6, 6.07) is 0. The number of rotatable bonds is 42. The summed E-state index contributed by atoms with van der Waals surface area (Å²) < 4.78 is 0. The molecule has 0 saturated heterocycles. The number of aliphatic hydroxyl groups excluding tert-OH is 1. The van der Waals surface area contributed by atoms with Gasteiger partial charge < -0.3 is 10.4 Å². The maximum atomic E-state index is 12.2. The number of amides is 1. The quantitative estimate of drug-likeness (QED) is 0.0488. The summed E-state index contributed by atoms with van der Waals surface area (Å²) in [6.07, 6.45) is 53.2. The Bertz CT molecular complexity index is 775. The highest BCUT2D eigenvalue weighted by Gasteiger charge is 2.07. The van der Waals surface area contributed by atoms with E-state index in [0.717, 1.165) is 64.2 Å². The van der Waals surface area contributed by atoms with Gasteiger partial charge in [0, 0.05) is 25.8 Å². The third-order valence-corrected chi connectivity index (χ3v) is 10.4. The van der Waals surface area contributed by atoms with Crippen molar-refractivity contribution in [2.75, 3.05) is 6.54 Å². The number of allylic oxidation sites excluding steroid dienone is 4. The molecule has 0 fully saturated rings. The smallest absolute Gasteiger partial charge is 0.220 e. The minimum absolute atomic E-state index is 0.0829. The zero-order valence-electron chi connectivity index (χ0n) is 34.5. The van der Waals surface area contributed by atoms with Crippen LogP contribution in [-0.2, 0) is 9.59 Å². The SMILES string of the molecule is CCCCC/C=C\C/C=C\CCCCCCCC(=O)CCCCCCCCCCC(=O)NCC(O)CCCCCCCCCCCCCCCC. The normalized spacial score (nSPS) is 12.4. The predicted molar refractivity (Wildman–Crippen MR) is 224 cm³/mol. The number of unbranched alkanes of at least 4 members (excludes halogenated alkanes) is 28. The highest BCUT2D eigenvalue weighted by molar-refractivity contribution is 5.78. The molecule has 0 bridgehead atoms. The van der Waals surface area contributed by atoms with E-state index >= 15 is 0 Å². The van der Waals surface area contributed by atoms with Crippen LogP contribution < -0.4 is 5.32 Å². The Morgan fingerprint density at radius 2 is 0.804 bits per heavy atom. The topological polar surface area (TPSA) is 66.4 Å². The molecule has 0 rings (SSSR count). The first-order chi connectivity index (χ1) is 25.1. The van der Waals surface area contributed by atoms with Crippen LogP contribution in [0.25, 0.3) is 0 Å². The summed E-state index contributed by atoms with van der Waals surface area (Å²) in [5.74, 6) is 0.542. The first kappa shape index (κ1) is 49.6. The molecule has 300 valence electrons. The Kier molecular flexibility index (Phi) is 41.8. The van der Waals surface area contributed by atoms with Crippen LogP contribution in [0.1, 0.15) is 251 Å². The van der Waals surface area contributed by atoms with E-state index in [0.29, 0.717) is 18.7 Å². The van der Waals surface area contributed by atoms with E-state index in [-0.39, 0.29) is 5.91 Å². The van der Waals surface area contributed by atoms with Gasteiger partial charge in [-0.15, -0.1) is 0 Å². The van der Waals surface area contributed by atoms with Crippen LogP contribution in [0.4, 0.5) is 0 Å². The van der Waals surface area contributed by atoms with Gasteiger partial charge in [0.2, 0.25) is 5.91 Å². The van der Waals surface area contributed by atoms with Crippen LogP contribution >= 0.6 is 0 Å². The summed E-state index contributed by atoms with van der Waals surface area (Å²) in [6.45, 7) is 4.93. The molecule has 2 N–H and O–H groups in total. The fraction of sp³-hybridized carbons (Fsp3) is 0.872. The number of ketones is 1. The van der Waals surface area contributed by atoms with Gasteiger partial charge in [-0.3, -0.25) is 9.59 Å². The van der Waals surface area contributed by atoms with Crippen molar-refractivity contribution in [3.8, 4) is 0 Å². The summed E-state index contributed by atoms with van der Waals surface area (Å²) in [7, 11) is 0. The van der Waals surface area contributed by atoms with Crippen molar-refractivity contribution in [2.45, 2.75) is 258 Å². The van der Waals surface area contributed by atoms with Crippen molar-refractivity contribution in [1.29, 1.82) is 0 Å². The Morgan fingerprint density at radius 1 is 0.451 bits per heavy atom. The zero-order valence-corrected chi connectivity index (χ0v) is 34.5. The average Bonchev–Trinajstić information content (AvgIpc) is 3.13. The average molecular weight is 716 g/mol. The number of nitrogens with one attached hydrogen (secondary N) is 1. The van der Waals surface area contributed by atoms with E-state index in [4.69, 9.17) is 0 Å². The van der Waals surface area contributed by atoms with Crippen LogP contribution in [-0.4, -0.2) is 29.4 Å². The molecule has 0 aliphatic rings. The van der Waals surface area contributed by atoms with Crippen LogP contribution in [0.5, 0.6) is 0 Å². The minimum atomic E-state index is -0.410. The van der Waals surface area contributed by atoms with E-state index in [1.807, 2.05) is 0 Å².